The van der Waals surface area contributed by atoms with Crippen LogP contribution >= 0.6 is 11.3 Å². The van der Waals surface area contributed by atoms with Gasteiger partial charge >= 0.3 is 0 Å². The van der Waals surface area contributed by atoms with Gasteiger partial charge in [0.25, 0.3) is 5.56 Å². The molecule has 142 valence electrons. The summed E-state index contributed by atoms with van der Waals surface area (Å²) in [7, 11) is 3.45. The lowest BCUT2D eigenvalue weighted by Gasteiger charge is -2.15. The van der Waals surface area contributed by atoms with E-state index in [1.165, 1.54) is 22.1 Å². The van der Waals surface area contributed by atoms with Crippen molar-refractivity contribution < 1.29 is 9.53 Å². The fourth-order valence-electron chi connectivity index (χ4n) is 2.59. The normalized spacial score (nSPS) is 10.7. The number of carbonyl (C=O) groups excluding carboxylic acids is 1. The predicted octanol–water partition coefficient (Wildman–Crippen LogP) is 1.50. The van der Waals surface area contributed by atoms with Gasteiger partial charge in [0.05, 0.1) is 18.4 Å². The lowest BCUT2D eigenvalue weighted by molar-refractivity contribution is -0.119. The first-order valence-corrected chi connectivity index (χ1v) is 9.33. The van der Waals surface area contributed by atoms with Crippen molar-refractivity contribution in [1.82, 2.24) is 20.1 Å². The molecule has 8 nitrogen and oxygen atoms in total. The summed E-state index contributed by atoms with van der Waals surface area (Å²) in [6.45, 7) is 1.14. The third kappa shape index (κ3) is 4.62. The maximum atomic E-state index is 12.2. The van der Waals surface area contributed by atoms with Crippen molar-refractivity contribution in [3.05, 3.63) is 46.9 Å². The highest BCUT2D eigenvalue weighted by Crippen LogP contribution is 2.33. The summed E-state index contributed by atoms with van der Waals surface area (Å²) in [5.74, 6) is 0.620. The molecule has 0 saturated heterocycles. The van der Waals surface area contributed by atoms with E-state index in [-0.39, 0.29) is 18.0 Å². The molecule has 0 aliphatic heterocycles. The van der Waals surface area contributed by atoms with Crippen molar-refractivity contribution in [2.24, 2.45) is 0 Å². The van der Waals surface area contributed by atoms with Gasteiger partial charge in [0.2, 0.25) is 5.91 Å². The van der Waals surface area contributed by atoms with E-state index < -0.39 is 0 Å². The Bertz CT molecular complexity index is 984. The van der Waals surface area contributed by atoms with E-state index in [4.69, 9.17) is 4.74 Å². The van der Waals surface area contributed by atoms with Crippen molar-refractivity contribution in [3.8, 4) is 5.75 Å². The van der Waals surface area contributed by atoms with E-state index in [0.717, 1.165) is 21.1 Å². The van der Waals surface area contributed by atoms with Gasteiger partial charge in [-0.15, -0.1) is 0 Å². The summed E-state index contributed by atoms with van der Waals surface area (Å²) in [6.07, 6.45) is 2.20. The van der Waals surface area contributed by atoms with Gasteiger partial charge in [-0.05, 0) is 24.6 Å². The molecule has 2 heterocycles. The third-order valence-corrected chi connectivity index (χ3v) is 5.09. The number of amides is 1. The Morgan fingerprint density at radius 3 is 2.96 bits per heavy atom. The van der Waals surface area contributed by atoms with Gasteiger partial charge in [0.15, 0.2) is 5.13 Å². The summed E-state index contributed by atoms with van der Waals surface area (Å²) in [5.41, 5.74) is 0.655. The lowest BCUT2D eigenvalue weighted by Crippen LogP contribution is -2.36. The number of fused-ring (bicyclic) bond motifs is 1. The molecule has 0 spiro atoms. The van der Waals surface area contributed by atoms with E-state index in [0.29, 0.717) is 19.5 Å². The van der Waals surface area contributed by atoms with Crippen LogP contribution in [0, 0.1) is 0 Å². The van der Waals surface area contributed by atoms with Crippen LogP contribution in [0.25, 0.3) is 10.2 Å². The molecule has 0 aliphatic rings. The molecule has 1 N–H and O–H groups in total. The SMILES string of the molecule is COc1cccc2sc(N(C)CC(=O)NCCCn3ncccc3=O)nc12. The van der Waals surface area contributed by atoms with Crippen LogP contribution in [0.5, 0.6) is 5.75 Å². The fraction of sp³-hybridized carbons (Fsp3) is 0.333. The van der Waals surface area contributed by atoms with Gasteiger partial charge in [-0.2, -0.15) is 5.10 Å². The number of benzene rings is 1. The summed E-state index contributed by atoms with van der Waals surface area (Å²) >= 11 is 1.51. The van der Waals surface area contributed by atoms with E-state index in [1.807, 2.05) is 30.1 Å². The number of rotatable bonds is 8. The Hall–Kier alpha value is -2.94. The number of nitrogens with one attached hydrogen (secondary N) is 1. The minimum atomic E-state index is -0.144. The number of thiazole rings is 1. The van der Waals surface area contributed by atoms with E-state index in [1.54, 1.807) is 19.4 Å². The predicted molar refractivity (Wildman–Crippen MR) is 106 cm³/mol. The van der Waals surface area contributed by atoms with Crippen molar-refractivity contribution in [1.29, 1.82) is 0 Å². The molecule has 27 heavy (non-hydrogen) atoms. The third-order valence-electron chi connectivity index (χ3n) is 3.95. The van der Waals surface area contributed by atoms with Crippen LogP contribution in [0.3, 0.4) is 0 Å². The zero-order valence-electron chi connectivity index (χ0n) is 15.2. The van der Waals surface area contributed by atoms with E-state index in [9.17, 15) is 9.59 Å². The second kappa shape index (κ2) is 8.63. The lowest BCUT2D eigenvalue weighted by atomic mass is 10.3. The topological polar surface area (TPSA) is 89.4 Å². The minimum absolute atomic E-state index is 0.0999. The van der Waals surface area contributed by atoms with Crippen molar-refractivity contribution in [2.45, 2.75) is 13.0 Å². The van der Waals surface area contributed by atoms with E-state index in [2.05, 4.69) is 15.4 Å². The van der Waals surface area contributed by atoms with Crippen LogP contribution in [0.2, 0.25) is 0 Å². The molecule has 2 aromatic heterocycles. The van der Waals surface area contributed by atoms with Gasteiger partial charge in [-0.25, -0.2) is 9.67 Å². The highest BCUT2D eigenvalue weighted by atomic mass is 32.1. The van der Waals surface area contributed by atoms with Crippen molar-refractivity contribution >= 4 is 32.6 Å². The standard InChI is InChI=1S/C18H21N5O3S/c1-22(18-21-17-13(26-2)6-3-7-14(17)27-18)12-15(24)19-9-5-11-23-16(25)8-4-10-20-23/h3-4,6-8,10H,5,9,11-12H2,1-2H3,(H,19,24). The summed E-state index contributed by atoms with van der Waals surface area (Å²) in [6, 6.07) is 8.84. The second-order valence-corrected chi connectivity index (χ2v) is 6.96. The van der Waals surface area contributed by atoms with Gasteiger partial charge in [-0.3, -0.25) is 9.59 Å². The highest BCUT2D eigenvalue weighted by Gasteiger charge is 2.14. The number of hydrogen-bond donors (Lipinski definition) is 1. The molecule has 9 heteroatoms. The first-order valence-electron chi connectivity index (χ1n) is 8.52. The largest absolute Gasteiger partial charge is 0.494 e. The zero-order chi connectivity index (χ0) is 19.2. The molecule has 0 fully saturated rings. The molecule has 1 aromatic carbocycles. The molecule has 0 unspecified atom stereocenters. The quantitative estimate of drug-likeness (QED) is 0.589. The Morgan fingerprint density at radius 2 is 2.19 bits per heavy atom. The molecular weight excluding hydrogens is 366 g/mol. The van der Waals surface area contributed by atoms with Crippen molar-refractivity contribution in [3.63, 3.8) is 0 Å². The van der Waals surface area contributed by atoms with Crippen LogP contribution < -0.4 is 20.5 Å². The monoisotopic (exact) mass is 387 g/mol. The summed E-state index contributed by atoms with van der Waals surface area (Å²) in [4.78, 5) is 30.1. The fourth-order valence-corrected chi connectivity index (χ4v) is 3.53. The minimum Gasteiger partial charge on any atom is -0.494 e. The molecule has 0 atom stereocenters. The van der Waals surface area contributed by atoms with Gasteiger partial charge in [0.1, 0.15) is 11.3 Å². The molecule has 0 radical (unpaired) electrons. The average molecular weight is 387 g/mol. The Labute approximate surface area is 160 Å². The number of carbonyl (C=O) groups is 1. The number of aromatic nitrogens is 3. The van der Waals surface area contributed by atoms with Gasteiger partial charge in [-0.1, -0.05) is 17.4 Å². The number of hydrogen-bond acceptors (Lipinski definition) is 7. The van der Waals surface area contributed by atoms with E-state index >= 15 is 0 Å². The highest BCUT2D eigenvalue weighted by molar-refractivity contribution is 7.22. The number of methoxy groups -OCH3 is 1. The van der Waals surface area contributed by atoms with Gasteiger partial charge in [0, 0.05) is 32.4 Å². The number of para-hydroxylation sites is 1. The summed E-state index contributed by atoms with van der Waals surface area (Å²) < 4.78 is 7.72. The molecule has 0 saturated carbocycles. The first kappa shape index (κ1) is 18.8. The van der Waals surface area contributed by atoms with Crippen molar-refractivity contribution in [2.75, 3.05) is 32.1 Å². The second-order valence-electron chi connectivity index (χ2n) is 5.95. The maximum Gasteiger partial charge on any atom is 0.266 e. The molecular formula is C18H21N5O3S. The Kier molecular flexibility index (Phi) is 6.02. The molecule has 1 amide bonds. The van der Waals surface area contributed by atoms with Crippen LogP contribution in [0.1, 0.15) is 6.42 Å². The van der Waals surface area contributed by atoms with Crippen LogP contribution in [0.4, 0.5) is 5.13 Å². The number of aryl methyl sites for hydroxylation is 1. The van der Waals surface area contributed by atoms with Crippen LogP contribution in [-0.2, 0) is 11.3 Å². The van der Waals surface area contributed by atoms with Gasteiger partial charge < -0.3 is 15.0 Å². The first-order chi connectivity index (χ1) is 13.1. The molecule has 3 rings (SSSR count). The molecule has 0 aliphatic carbocycles. The smallest absolute Gasteiger partial charge is 0.266 e. The molecule has 3 aromatic rings. The number of likely N-dealkylation sites (N-methyl/N-ethyl adjacent to an activating group) is 1. The Morgan fingerprint density at radius 1 is 1.33 bits per heavy atom. The number of anilines is 1. The maximum absolute atomic E-state index is 12.2. The number of ether oxygens (including phenoxy) is 1. The zero-order valence-corrected chi connectivity index (χ0v) is 16.0. The van der Waals surface area contributed by atoms with Crippen LogP contribution in [-0.4, -0.2) is 47.9 Å². The molecule has 0 bridgehead atoms. The van der Waals surface area contributed by atoms with Crippen LogP contribution in [0.15, 0.2) is 41.3 Å². The number of nitrogens with zero attached hydrogens (tertiary/aromatic N) is 4. The Balaban J connectivity index is 1.50. The summed E-state index contributed by atoms with van der Waals surface area (Å²) in [5, 5.41) is 7.60. The average Bonchev–Trinajstić information content (AvgIpc) is 3.11.